The van der Waals surface area contributed by atoms with E-state index in [1.165, 1.54) is 6.92 Å². The van der Waals surface area contributed by atoms with E-state index in [2.05, 4.69) is 6.58 Å². The zero-order valence-electron chi connectivity index (χ0n) is 21.5. The number of carbonyl (C=O) groups is 4. The zero-order chi connectivity index (χ0) is 26.5. The third kappa shape index (κ3) is 4.50. The van der Waals surface area contributed by atoms with Gasteiger partial charge in [0.25, 0.3) is 0 Å². The number of esters is 4. The first-order chi connectivity index (χ1) is 16.2. The van der Waals surface area contributed by atoms with Crippen LogP contribution in [0, 0.1) is 23.2 Å². The number of rotatable bonds is 5. The Balaban J connectivity index is 2.24. The Hall–Kier alpha value is -2.68. The average Bonchev–Trinajstić information content (AvgIpc) is 2.75. The molecule has 1 aliphatic heterocycles. The second-order valence-electron chi connectivity index (χ2n) is 10.6. The third-order valence-electron chi connectivity index (χ3n) is 7.82. The van der Waals surface area contributed by atoms with Crippen LogP contribution in [0.4, 0.5) is 0 Å². The molecule has 194 valence electrons. The fraction of sp³-hybridized carbons (Fsp3) is 0.692. The first-order valence-corrected chi connectivity index (χ1v) is 12.0. The molecule has 0 spiro atoms. The lowest BCUT2D eigenvalue weighted by Crippen LogP contribution is -2.75. The van der Waals surface area contributed by atoms with Crippen LogP contribution in [0.25, 0.3) is 0 Å². The van der Waals surface area contributed by atoms with Crippen LogP contribution in [0.1, 0.15) is 61.3 Å². The van der Waals surface area contributed by atoms with Crippen molar-refractivity contribution in [1.29, 1.82) is 0 Å². The van der Waals surface area contributed by atoms with E-state index in [4.69, 9.17) is 18.9 Å². The molecule has 9 nitrogen and oxygen atoms in total. The van der Waals surface area contributed by atoms with Gasteiger partial charge in [0.1, 0.15) is 18.3 Å². The van der Waals surface area contributed by atoms with Crippen molar-refractivity contribution in [2.75, 3.05) is 0 Å². The highest BCUT2D eigenvalue weighted by Crippen LogP contribution is 2.61. The van der Waals surface area contributed by atoms with Gasteiger partial charge in [0.05, 0.1) is 22.9 Å². The van der Waals surface area contributed by atoms with Gasteiger partial charge in [-0.05, 0) is 33.6 Å². The van der Waals surface area contributed by atoms with Gasteiger partial charge in [0.15, 0.2) is 6.10 Å². The van der Waals surface area contributed by atoms with Crippen molar-refractivity contribution >= 4 is 23.9 Å². The molecule has 0 aromatic rings. The fourth-order valence-electron chi connectivity index (χ4n) is 5.95. The predicted molar refractivity (Wildman–Crippen MR) is 124 cm³/mol. The van der Waals surface area contributed by atoms with E-state index in [-0.39, 0.29) is 18.4 Å². The van der Waals surface area contributed by atoms with Crippen LogP contribution in [0.5, 0.6) is 0 Å². The molecule has 35 heavy (non-hydrogen) atoms. The van der Waals surface area contributed by atoms with Crippen molar-refractivity contribution in [3.63, 3.8) is 0 Å². The topological polar surface area (TPSA) is 125 Å². The number of hydrogen-bond donors (Lipinski definition) is 1. The van der Waals surface area contributed by atoms with Crippen molar-refractivity contribution in [1.82, 2.24) is 0 Å². The Labute approximate surface area is 205 Å². The number of fused-ring (bicyclic) bond motifs is 4. The highest BCUT2D eigenvalue weighted by atomic mass is 16.6. The van der Waals surface area contributed by atoms with Gasteiger partial charge < -0.3 is 24.1 Å². The first kappa shape index (κ1) is 26.9. The first-order valence-electron chi connectivity index (χ1n) is 12.0. The SMILES string of the molecule is C=C1C(=O)O[C@H]2[C@@H](OC(=O)/C(C)=C/C)[C@@H]1[C@H](OC(=O)C(C)C)[C@H]1[C@@]2(C)[C@@H](OC(C)=O)CC[C@]1(C)O. The molecule has 2 bridgehead atoms. The Kier molecular flexibility index (Phi) is 7.24. The molecule has 1 N–H and O–H groups in total. The maximum Gasteiger partial charge on any atom is 0.334 e. The Bertz CT molecular complexity index is 962. The normalized spacial score (nSPS) is 38.8. The van der Waals surface area contributed by atoms with Crippen molar-refractivity contribution in [3.05, 3.63) is 23.8 Å². The summed E-state index contributed by atoms with van der Waals surface area (Å²) in [7, 11) is 0. The molecule has 3 rings (SSSR count). The molecule has 0 unspecified atom stereocenters. The van der Waals surface area contributed by atoms with Crippen LogP contribution >= 0.6 is 0 Å². The molecule has 0 aromatic heterocycles. The molecular formula is C26H36O9. The lowest BCUT2D eigenvalue weighted by molar-refractivity contribution is -0.294. The molecular weight excluding hydrogens is 456 g/mol. The minimum absolute atomic E-state index is 0.00815. The summed E-state index contributed by atoms with van der Waals surface area (Å²) in [5.74, 6) is -4.67. The summed E-state index contributed by atoms with van der Waals surface area (Å²) in [4.78, 5) is 50.6. The van der Waals surface area contributed by atoms with Crippen LogP contribution in [0.2, 0.25) is 0 Å². The molecule has 0 radical (unpaired) electrons. The maximum absolute atomic E-state index is 12.9. The summed E-state index contributed by atoms with van der Waals surface area (Å²) >= 11 is 0. The van der Waals surface area contributed by atoms with Gasteiger partial charge in [-0.2, -0.15) is 0 Å². The third-order valence-corrected chi connectivity index (χ3v) is 7.82. The van der Waals surface area contributed by atoms with Crippen LogP contribution in [0.3, 0.4) is 0 Å². The second kappa shape index (κ2) is 9.41. The van der Waals surface area contributed by atoms with E-state index in [1.54, 1.807) is 47.6 Å². The van der Waals surface area contributed by atoms with E-state index in [1.807, 2.05) is 0 Å². The van der Waals surface area contributed by atoms with Gasteiger partial charge in [0.2, 0.25) is 0 Å². The standard InChI is InChI=1S/C26H36O9/c1-9-13(4)23(29)34-19-17-14(5)24(30)35-21(19)26(8)16(32-15(6)27)10-11-25(7,31)20(26)18(17)33-22(28)12(2)3/h9,12,16-21,31H,5,10-11H2,1-4,6-8H3/b13-9+/t16-,17-,18-,19-,20+,21-,25-,26+/m0/s1. The largest absolute Gasteiger partial charge is 0.462 e. The molecule has 0 amide bonds. The Morgan fingerprint density at radius 2 is 1.77 bits per heavy atom. The van der Waals surface area contributed by atoms with Crippen molar-refractivity contribution in [2.24, 2.45) is 23.2 Å². The van der Waals surface area contributed by atoms with Crippen LogP contribution in [-0.4, -0.2) is 59.0 Å². The highest BCUT2D eigenvalue weighted by Gasteiger charge is 2.72. The minimum Gasteiger partial charge on any atom is -0.462 e. The second-order valence-corrected chi connectivity index (χ2v) is 10.6. The summed E-state index contributed by atoms with van der Waals surface area (Å²) in [6.45, 7) is 15.1. The Morgan fingerprint density at radius 1 is 1.14 bits per heavy atom. The van der Waals surface area contributed by atoms with E-state index in [0.29, 0.717) is 5.57 Å². The average molecular weight is 493 g/mol. The monoisotopic (exact) mass is 492 g/mol. The zero-order valence-corrected chi connectivity index (χ0v) is 21.5. The van der Waals surface area contributed by atoms with Gasteiger partial charge in [-0.3, -0.25) is 9.59 Å². The molecule has 1 heterocycles. The summed E-state index contributed by atoms with van der Waals surface area (Å²) in [5.41, 5.74) is -2.28. The van der Waals surface area contributed by atoms with Crippen molar-refractivity contribution in [3.8, 4) is 0 Å². The quantitative estimate of drug-likeness (QED) is 0.350. The van der Waals surface area contributed by atoms with Gasteiger partial charge >= 0.3 is 23.9 Å². The number of allylic oxidation sites excluding steroid dienone is 1. The minimum atomic E-state index is -1.37. The van der Waals surface area contributed by atoms with Crippen molar-refractivity contribution in [2.45, 2.75) is 91.3 Å². The molecule has 9 heteroatoms. The van der Waals surface area contributed by atoms with Gasteiger partial charge in [-0.25, -0.2) is 9.59 Å². The van der Waals surface area contributed by atoms with E-state index < -0.39 is 77.1 Å². The van der Waals surface area contributed by atoms with Crippen LogP contribution in [0.15, 0.2) is 23.8 Å². The molecule has 8 atom stereocenters. The number of aliphatic hydroxyl groups is 1. The van der Waals surface area contributed by atoms with E-state index in [9.17, 15) is 24.3 Å². The highest BCUT2D eigenvalue weighted by molar-refractivity contribution is 5.91. The van der Waals surface area contributed by atoms with Crippen LogP contribution < -0.4 is 0 Å². The predicted octanol–water partition coefficient (Wildman–Crippen LogP) is 2.64. The molecule has 0 aromatic carbocycles. The summed E-state index contributed by atoms with van der Waals surface area (Å²) in [5, 5.41) is 11.6. The fourth-order valence-corrected chi connectivity index (χ4v) is 5.95. The summed E-state index contributed by atoms with van der Waals surface area (Å²) in [6.07, 6.45) is -1.89. The lowest BCUT2D eigenvalue weighted by Gasteiger charge is -2.64. The molecule has 1 saturated heterocycles. The smallest absolute Gasteiger partial charge is 0.334 e. The van der Waals surface area contributed by atoms with Gasteiger partial charge in [-0.15, -0.1) is 0 Å². The van der Waals surface area contributed by atoms with E-state index in [0.717, 1.165) is 0 Å². The Morgan fingerprint density at radius 3 is 2.31 bits per heavy atom. The number of ether oxygens (including phenoxy) is 4. The summed E-state index contributed by atoms with van der Waals surface area (Å²) in [6, 6.07) is 0. The van der Waals surface area contributed by atoms with Gasteiger partial charge in [-0.1, -0.05) is 33.4 Å². The molecule has 2 saturated carbocycles. The molecule has 2 aliphatic carbocycles. The van der Waals surface area contributed by atoms with Crippen LogP contribution in [-0.2, 0) is 38.1 Å². The van der Waals surface area contributed by atoms with Crippen molar-refractivity contribution < 1.29 is 43.2 Å². The maximum atomic E-state index is 12.9. The van der Waals surface area contributed by atoms with E-state index >= 15 is 0 Å². The number of hydrogen-bond acceptors (Lipinski definition) is 9. The number of carbonyl (C=O) groups excluding carboxylic acids is 4. The lowest BCUT2D eigenvalue weighted by atomic mass is 9.48. The summed E-state index contributed by atoms with van der Waals surface area (Å²) < 4.78 is 23.3. The molecule has 3 aliphatic rings. The van der Waals surface area contributed by atoms with Gasteiger partial charge in [0, 0.05) is 24.0 Å². The molecule has 3 fully saturated rings.